The van der Waals surface area contributed by atoms with Crippen LogP contribution in [0.25, 0.3) is 0 Å². The van der Waals surface area contributed by atoms with E-state index < -0.39 is 17.4 Å². The zero-order valence-electron chi connectivity index (χ0n) is 10.3. The Morgan fingerprint density at radius 1 is 1.14 bits per heavy atom. The minimum absolute atomic E-state index is 0.0231. The number of aromatic carboxylic acids is 1. The molecule has 0 spiro atoms. The number of carboxylic acids is 1. The molecule has 6 nitrogen and oxygen atoms in total. The first-order valence-corrected chi connectivity index (χ1v) is 6.37. The summed E-state index contributed by atoms with van der Waals surface area (Å²) in [7, 11) is 0. The van der Waals surface area contributed by atoms with Crippen LogP contribution >= 0.6 is 23.2 Å². The van der Waals surface area contributed by atoms with E-state index in [9.17, 15) is 14.4 Å². The van der Waals surface area contributed by atoms with Crippen LogP contribution in [0.2, 0.25) is 10.0 Å². The van der Waals surface area contributed by atoms with E-state index in [0.717, 1.165) is 6.07 Å². The summed E-state index contributed by atoms with van der Waals surface area (Å²) in [4.78, 5) is 36.8. The van der Waals surface area contributed by atoms with Gasteiger partial charge in [-0.05, 0) is 18.2 Å². The molecule has 0 aliphatic carbocycles. The lowest BCUT2D eigenvalue weighted by Crippen LogP contribution is -2.18. The summed E-state index contributed by atoms with van der Waals surface area (Å²) in [6.45, 7) is 0. The largest absolute Gasteiger partial charge is 0.478 e. The number of rotatable bonds is 3. The fraction of sp³-hybridized carbons (Fsp3) is 0. The number of hydrogen-bond acceptors (Lipinski definition) is 3. The molecule has 1 heterocycles. The van der Waals surface area contributed by atoms with Crippen molar-refractivity contribution in [3.63, 3.8) is 0 Å². The number of carboxylic acid groups (broad SMARTS) is 1. The van der Waals surface area contributed by atoms with Gasteiger partial charge in [0.15, 0.2) is 0 Å². The number of aromatic nitrogens is 1. The molecule has 0 saturated heterocycles. The maximum Gasteiger partial charge on any atom is 0.339 e. The molecule has 1 aromatic heterocycles. The molecule has 3 N–H and O–H groups in total. The second kappa shape index (κ2) is 5.99. The van der Waals surface area contributed by atoms with E-state index in [-0.39, 0.29) is 26.9 Å². The number of H-pyrrole nitrogens is 1. The number of amides is 1. The topological polar surface area (TPSA) is 99.3 Å². The van der Waals surface area contributed by atoms with Gasteiger partial charge in [0, 0.05) is 17.8 Å². The Bertz CT molecular complexity index is 786. The second-order valence-electron chi connectivity index (χ2n) is 3.98. The summed E-state index contributed by atoms with van der Waals surface area (Å²) in [6.07, 6.45) is 1.30. The van der Waals surface area contributed by atoms with Crippen LogP contribution in [0.5, 0.6) is 0 Å². The van der Waals surface area contributed by atoms with E-state index in [1.54, 1.807) is 0 Å². The fourth-order valence-electron chi connectivity index (χ4n) is 1.65. The smallest absolute Gasteiger partial charge is 0.339 e. The molecule has 8 heteroatoms. The summed E-state index contributed by atoms with van der Waals surface area (Å²) in [5.41, 5.74) is -0.839. The predicted molar refractivity (Wildman–Crippen MR) is 78.4 cm³/mol. The number of halogens is 2. The molecule has 2 aromatic rings. The van der Waals surface area contributed by atoms with Gasteiger partial charge < -0.3 is 15.4 Å². The number of hydrogen-bond donors (Lipinski definition) is 3. The number of pyridine rings is 1. The Kier molecular flexibility index (Phi) is 4.30. The first-order valence-electron chi connectivity index (χ1n) is 5.61. The Balaban J connectivity index is 2.44. The van der Waals surface area contributed by atoms with E-state index in [1.165, 1.54) is 24.4 Å². The third-order valence-corrected chi connectivity index (χ3v) is 3.22. The standard InChI is InChI=1S/C13H8Cl2N2O4/c14-7-1-2-8(15)11(10(7)13(20)21)17-12(19)6-3-4-16-9(18)5-6/h1-5H,(H,16,18)(H,17,19)(H,20,21). The Morgan fingerprint density at radius 3 is 2.43 bits per heavy atom. The Labute approximate surface area is 128 Å². The molecule has 0 aliphatic heterocycles. The van der Waals surface area contributed by atoms with E-state index in [0.29, 0.717) is 0 Å². The number of anilines is 1. The SMILES string of the molecule is O=C(Nc1c(Cl)ccc(Cl)c1C(=O)O)c1cc[nH]c(=O)c1. The number of carbonyl (C=O) groups excluding carboxylic acids is 1. The van der Waals surface area contributed by atoms with Crippen molar-refractivity contribution < 1.29 is 14.7 Å². The Morgan fingerprint density at radius 2 is 1.81 bits per heavy atom. The van der Waals surface area contributed by atoms with Gasteiger partial charge in [-0.25, -0.2) is 4.79 Å². The third-order valence-electron chi connectivity index (χ3n) is 2.59. The van der Waals surface area contributed by atoms with Crippen molar-refractivity contribution in [3.05, 3.63) is 62.0 Å². The van der Waals surface area contributed by atoms with Crippen LogP contribution in [0, 0.1) is 0 Å². The summed E-state index contributed by atoms with van der Waals surface area (Å²) in [5, 5.41) is 11.5. The van der Waals surface area contributed by atoms with E-state index in [4.69, 9.17) is 28.3 Å². The van der Waals surface area contributed by atoms with Gasteiger partial charge >= 0.3 is 5.97 Å². The van der Waals surface area contributed by atoms with Crippen molar-refractivity contribution in [2.24, 2.45) is 0 Å². The number of nitrogens with one attached hydrogen (secondary N) is 2. The van der Waals surface area contributed by atoms with Crippen LogP contribution in [0.3, 0.4) is 0 Å². The molecule has 0 saturated carbocycles. The van der Waals surface area contributed by atoms with Gasteiger partial charge in [0.1, 0.15) is 5.56 Å². The lowest BCUT2D eigenvalue weighted by Gasteiger charge is -2.11. The average Bonchev–Trinajstić information content (AvgIpc) is 2.42. The molecule has 0 atom stereocenters. The Hall–Kier alpha value is -2.31. The summed E-state index contributed by atoms with van der Waals surface area (Å²) in [5.74, 6) is -2.00. The third kappa shape index (κ3) is 3.24. The molecule has 1 aromatic carbocycles. The monoisotopic (exact) mass is 326 g/mol. The first-order chi connectivity index (χ1) is 9.90. The molecule has 0 aliphatic rings. The predicted octanol–water partition coefficient (Wildman–Crippen LogP) is 2.63. The van der Waals surface area contributed by atoms with Gasteiger partial charge in [0.25, 0.3) is 5.91 Å². The number of benzene rings is 1. The molecule has 2 rings (SSSR count). The molecule has 1 amide bonds. The van der Waals surface area contributed by atoms with Crippen molar-refractivity contribution >= 4 is 40.8 Å². The molecular formula is C13H8Cl2N2O4. The van der Waals surface area contributed by atoms with E-state index in [2.05, 4.69) is 10.3 Å². The highest BCUT2D eigenvalue weighted by Crippen LogP contribution is 2.32. The van der Waals surface area contributed by atoms with Crippen molar-refractivity contribution in [3.8, 4) is 0 Å². The van der Waals surface area contributed by atoms with Gasteiger partial charge in [0.05, 0.1) is 15.7 Å². The number of aromatic amines is 1. The molecule has 21 heavy (non-hydrogen) atoms. The highest BCUT2D eigenvalue weighted by atomic mass is 35.5. The van der Waals surface area contributed by atoms with E-state index in [1.807, 2.05) is 0 Å². The average molecular weight is 327 g/mol. The molecular weight excluding hydrogens is 319 g/mol. The van der Waals surface area contributed by atoms with E-state index >= 15 is 0 Å². The zero-order chi connectivity index (χ0) is 15.6. The van der Waals surface area contributed by atoms with Crippen molar-refractivity contribution in [2.75, 3.05) is 5.32 Å². The van der Waals surface area contributed by atoms with Crippen LogP contribution in [-0.4, -0.2) is 22.0 Å². The maximum atomic E-state index is 12.0. The number of carbonyl (C=O) groups is 2. The van der Waals surface area contributed by atoms with Gasteiger partial charge in [0.2, 0.25) is 5.56 Å². The van der Waals surface area contributed by atoms with Crippen molar-refractivity contribution in [1.29, 1.82) is 0 Å². The van der Waals surface area contributed by atoms with Crippen LogP contribution in [0.1, 0.15) is 20.7 Å². The lowest BCUT2D eigenvalue weighted by molar-refractivity contribution is 0.0698. The highest BCUT2D eigenvalue weighted by Gasteiger charge is 2.20. The minimum atomic E-state index is -1.33. The van der Waals surface area contributed by atoms with Crippen LogP contribution in [0.4, 0.5) is 5.69 Å². The summed E-state index contributed by atoms with van der Waals surface area (Å²) in [6, 6.07) is 5.13. The fourth-order valence-corrected chi connectivity index (χ4v) is 2.10. The van der Waals surface area contributed by atoms with Crippen LogP contribution in [0.15, 0.2) is 35.3 Å². The lowest BCUT2D eigenvalue weighted by atomic mass is 10.1. The van der Waals surface area contributed by atoms with Crippen LogP contribution in [-0.2, 0) is 0 Å². The minimum Gasteiger partial charge on any atom is -0.478 e. The van der Waals surface area contributed by atoms with Gasteiger partial charge in [-0.1, -0.05) is 23.2 Å². The molecule has 0 radical (unpaired) electrons. The summed E-state index contributed by atoms with van der Waals surface area (Å²) < 4.78 is 0. The zero-order valence-corrected chi connectivity index (χ0v) is 11.8. The molecule has 0 bridgehead atoms. The van der Waals surface area contributed by atoms with Gasteiger partial charge in [-0.3, -0.25) is 9.59 Å². The normalized spacial score (nSPS) is 10.2. The van der Waals surface area contributed by atoms with Crippen LogP contribution < -0.4 is 10.9 Å². The molecule has 108 valence electrons. The second-order valence-corrected chi connectivity index (χ2v) is 4.79. The van der Waals surface area contributed by atoms with Gasteiger partial charge in [-0.15, -0.1) is 0 Å². The van der Waals surface area contributed by atoms with Crippen molar-refractivity contribution in [2.45, 2.75) is 0 Å². The molecule has 0 unspecified atom stereocenters. The van der Waals surface area contributed by atoms with Crippen molar-refractivity contribution in [1.82, 2.24) is 4.98 Å². The quantitative estimate of drug-likeness (QED) is 0.807. The van der Waals surface area contributed by atoms with Gasteiger partial charge in [-0.2, -0.15) is 0 Å². The first kappa shape index (κ1) is 15.1. The maximum absolute atomic E-state index is 12.0. The summed E-state index contributed by atoms with van der Waals surface area (Å²) >= 11 is 11.7. The highest BCUT2D eigenvalue weighted by molar-refractivity contribution is 6.38. The molecule has 0 fully saturated rings.